The third-order valence-electron chi connectivity index (χ3n) is 3.66. The number of para-hydroxylation sites is 2. The Morgan fingerprint density at radius 2 is 1.91 bits per heavy atom. The van der Waals surface area contributed by atoms with Gasteiger partial charge in [0.1, 0.15) is 5.82 Å². The first-order valence-corrected chi connectivity index (χ1v) is 8.06. The smallest absolute Gasteiger partial charge is 0.238 e. The van der Waals surface area contributed by atoms with Crippen LogP contribution in [0.1, 0.15) is 6.92 Å². The summed E-state index contributed by atoms with van der Waals surface area (Å²) in [5, 5.41) is 4.79. The molecule has 0 saturated heterocycles. The molecule has 2 unspecified atom stereocenters. The summed E-state index contributed by atoms with van der Waals surface area (Å²) in [5.41, 5.74) is 0.867. The highest BCUT2D eigenvalue weighted by Crippen LogP contribution is 2.38. The van der Waals surface area contributed by atoms with Crippen molar-refractivity contribution >= 4 is 35.0 Å². The zero-order chi connectivity index (χ0) is 16.4. The van der Waals surface area contributed by atoms with E-state index in [9.17, 15) is 14.0 Å². The standard InChI is InChI=1S/C17H15FN2O2S/c1-10(16(21)19-12-7-3-2-6-11(12)18)15-17(22)20-13-8-4-5-9-14(13)23-15/h2-10,15H,1H3,(H,19,21)(H,20,22). The summed E-state index contributed by atoms with van der Waals surface area (Å²) >= 11 is 1.35. The molecule has 0 fully saturated rings. The first-order valence-electron chi connectivity index (χ1n) is 7.18. The van der Waals surface area contributed by atoms with Crippen LogP contribution in [0.3, 0.4) is 0 Å². The van der Waals surface area contributed by atoms with Gasteiger partial charge in [-0.05, 0) is 24.3 Å². The SMILES string of the molecule is CC(C(=O)Nc1ccccc1F)C1Sc2ccccc2NC1=O. The summed E-state index contributed by atoms with van der Waals surface area (Å²) in [7, 11) is 0. The normalized spacial score (nSPS) is 17.8. The van der Waals surface area contributed by atoms with Gasteiger partial charge in [0, 0.05) is 4.90 Å². The van der Waals surface area contributed by atoms with E-state index in [1.54, 1.807) is 19.1 Å². The van der Waals surface area contributed by atoms with Crippen LogP contribution in [-0.4, -0.2) is 17.1 Å². The van der Waals surface area contributed by atoms with Crippen molar-refractivity contribution in [2.75, 3.05) is 10.6 Å². The molecule has 0 aliphatic carbocycles. The third-order valence-corrected chi connectivity index (χ3v) is 5.14. The molecule has 2 atom stereocenters. The molecule has 0 aromatic heterocycles. The molecule has 4 nitrogen and oxygen atoms in total. The van der Waals surface area contributed by atoms with Crippen LogP contribution in [0.15, 0.2) is 53.4 Å². The van der Waals surface area contributed by atoms with E-state index >= 15 is 0 Å². The number of anilines is 2. The van der Waals surface area contributed by atoms with E-state index in [1.807, 2.05) is 24.3 Å². The van der Waals surface area contributed by atoms with Gasteiger partial charge in [-0.25, -0.2) is 4.39 Å². The second-order valence-electron chi connectivity index (χ2n) is 5.28. The highest BCUT2D eigenvalue weighted by Gasteiger charge is 2.35. The van der Waals surface area contributed by atoms with Crippen molar-refractivity contribution < 1.29 is 14.0 Å². The van der Waals surface area contributed by atoms with Gasteiger partial charge in [-0.1, -0.05) is 31.2 Å². The Morgan fingerprint density at radius 1 is 1.22 bits per heavy atom. The van der Waals surface area contributed by atoms with Crippen molar-refractivity contribution in [1.82, 2.24) is 0 Å². The predicted molar refractivity (Wildman–Crippen MR) is 88.9 cm³/mol. The highest BCUT2D eigenvalue weighted by atomic mass is 32.2. The van der Waals surface area contributed by atoms with Crippen LogP contribution in [0.2, 0.25) is 0 Å². The number of thioether (sulfide) groups is 1. The molecule has 1 heterocycles. The van der Waals surface area contributed by atoms with E-state index in [1.165, 1.54) is 23.9 Å². The van der Waals surface area contributed by atoms with Gasteiger partial charge in [0.2, 0.25) is 11.8 Å². The molecule has 3 rings (SSSR count). The van der Waals surface area contributed by atoms with Crippen molar-refractivity contribution in [2.45, 2.75) is 17.1 Å². The van der Waals surface area contributed by atoms with Crippen LogP contribution in [0.5, 0.6) is 0 Å². The molecule has 118 valence electrons. The Labute approximate surface area is 137 Å². The molecule has 0 radical (unpaired) electrons. The molecule has 6 heteroatoms. The summed E-state index contributed by atoms with van der Waals surface area (Å²) in [4.78, 5) is 25.5. The number of hydrogen-bond acceptors (Lipinski definition) is 3. The van der Waals surface area contributed by atoms with E-state index in [0.29, 0.717) is 0 Å². The number of carbonyl (C=O) groups excluding carboxylic acids is 2. The Morgan fingerprint density at radius 3 is 2.70 bits per heavy atom. The second-order valence-corrected chi connectivity index (χ2v) is 6.47. The van der Waals surface area contributed by atoms with Gasteiger partial charge in [-0.3, -0.25) is 9.59 Å². The molecule has 2 aromatic carbocycles. The lowest BCUT2D eigenvalue weighted by molar-refractivity contribution is -0.123. The van der Waals surface area contributed by atoms with Crippen LogP contribution in [0.25, 0.3) is 0 Å². The number of amides is 2. The molecular formula is C17H15FN2O2S. The van der Waals surface area contributed by atoms with Crippen LogP contribution in [-0.2, 0) is 9.59 Å². The summed E-state index contributed by atoms with van der Waals surface area (Å²) in [6, 6.07) is 13.4. The van der Waals surface area contributed by atoms with Gasteiger partial charge < -0.3 is 10.6 Å². The molecule has 0 spiro atoms. The second kappa shape index (κ2) is 6.42. The average Bonchev–Trinajstić information content (AvgIpc) is 2.55. The van der Waals surface area contributed by atoms with Gasteiger partial charge in [0.15, 0.2) is 0 Å². The minimum absolute atomic E-state index is 0.117. The summed E-state index contributed by atoms with van der Waals surface area (Å²) in [6.45, 7) is 1.67. The fraction of sp³-hybridized carbons (Fsp3) is 0.176. The number of fused-ring (bicyclic) bond motifs is 1. The Kier molecular flexibility index (Phi) is 4.34. The molecule has 2 aromatic rings. The first-order chi connectivity index (χ1) is 11.1. The van der Waals surface area contributed by atoms with E-state index in [-0.39, 0.29) is 17.5 Å². The van der Waals surface area contributed by atoms with Gasteiger partial charge in [-0.15, -0.1) is 11.8 Å². The summed E-state index contributed by atoms with van der Waals surface area (Å²) in [5.74, 6) is -1.71. The van der Waals surface area contributed by atoms with Crippen molar-refractivity contribution in [3.05, 3.63) is 54.3 Å². The minimum Gasteiger partial charge on any atom is -0.324 e. The molecular weight excluding hydrogens is 315 g/mol. The van der Waals surface area contributed by atoms with E-state index in [2.05, 4.69) is 10.6 Å². The molecule has 0 saturated carbocycles. The highest BCUT2D eigenvalue weighted by molar-refractivity contribution is 8.01. The van der Waals surface area contributed by atoms with Gasteiger partial charge >= 0.3 is 0 Å². The zero-order valence-corrected chi connectivity index (χ0v) is 13.2. The van der Waals surface area contributed by atoms with Crippen molar-refractivity contribution in [2.24, 2.45) is 5.92 Å². The Bertz CT molecular complexity index is 766. The lowest BCUT2D eigenvalue weighted by Gasteiger charge is -2.27. The number of carbonyl (C=O) groups is 2. The molecule has 1 aliphatic heterocycles. The predicted octanol–water partition coefficient (Wildman–Crippen LogP) is 3.51. The fourth-order valence-electron chi connectivity index (χ4n) is 2.34. The largest absolute Gasteiger partial charge is 0.324 e. The van der Waals surface area contributed by atoms with Crippen LogP contribution < -0.4 is 10.6 Å². The van der Waals surface area contributed by atoms with Gasteiger partial charge in [0.25, 0.3) is 0 Å². The van der Waals surface area contributed by atoms with Crippen molar-refractivity contribution in [1.29, 1.82) is 0 Å². The minimum atomic E-state index is -0.604. The lowest BCUT2D eigenvalue weighted by Crippen LogP contribution is -2.39. The molecule has 2 N–H and O–H groups in total. The van der Waals surface area contributed by atoms with Gasteiger partial charge in [-0.2, -0.15) is 0 Å². The Hall–Kier alpha value is -2.34. The van der Waals surface area contributed by atoms with Crippen molar-refractivity contribution in [3.8, 4) is 0 Å². The molecule has 1 aliphatic rings. The topological polar surface area (TPSA) is 58.2 Å². The maximum Gasteiger partial charge on any atom is 0.238 e. The van der Waals surface area contributed by atoms with E-state index in [0.717, 1.165) is 10.6 Å². The fourth-order valence-corrected chi connectivity index (χ4v) is 3.51. The number of rotatable bonds is 3. The van der Waals surface area contributed by atoms with Gasteiger partial charge in [0.05, 0.1) is 22.5 Å². The monoisotopic (exact) mass is 330 g/mol. The van der Waals surface area contributed by atoms with Crippen LogP contribution in [0, 0.1) is 11.7 Å². The lowest BCUT2D eigenvalue weighted by atomic mass is 10.1. The number of halogens is 1. The summed E-state index contributed by atoms with van der Waals surface area (Å²) < 4.78 is 13.6. The van der Waals surface area contributed by atoms with Crippen LogP contribution >= 0.6 is 11.8 Å². The van der Waals surface area contributed by atoms with Crippen molar-refractivity contribution in [3.63, 3.8) is 0 Å². The number of hydrogen-bond donors (Lipinski definition) is 2. The maximum absolute atomic E-state index is 13.6. The number of benzene rings is 2. The molecule has 0 bridgehead atoms. The van der Waals surface area contributed by atoms with Crippen LogP contribution in [0.4, 0.5) is 15.8 Å². The zero-order valence-electron chi connectivity index (χ0n) is 12.4. The Balaban J connectivity index is 1.75. The van der Waals surface area contributed by atoms with E-state index in [4.69, 9.17) is 0 Å². The quantitative estimate of drug-likeness (QED) is 0.905. The molecule has 23 heavy (non-hydrogen) atoms. The maximum atomic E-state index is 13.6. The summed E-state index contributed by atoms with van der Waals surface area (Å²) in [6.07, 6.45) is 0. The average molecular weight is 330 g/mol. The molecule has 2 amide bonds. The van der Waals surface area contributed by atoms with E-state index < -0.39 is 17.0 Å². The first kappa shape index (κ1) is 15.6. The number of nitrogens with one attached hydrogen (secondary N) is 2. The third kappa shape index (κ3) is 3.22.